The number of ether oxygens (including phenoxy) is 1. The maximum atomic E-state index is 13.7. The highest BCUT2D eigenvalue weighted by Gasteiger charge is 2.35. The zero-order valence-electron chi connectivity index (χ0n) is 25.7. The summed E-state index contributed by atoms with van der Waals surface area (Å²) in [7, 11) is -3.89. The van der Waals surface area contributed by atoms with Gasteiger partial charge in [-0.05, 0) is 80.5 Å². The van der Waals surface area contributed by atoms with Crippen LogP contribution >= 0.6 is 0 Å². The fourth-order valence-electron chi connectivity index (χ4n) is 5.97. The van der Waals surface area contributed by atoms with Crippen LogP contribution in [0.15, 0.2) is 23.1 Å². The molecule has 1 amide bonds. The number of hydrogen-bond donors (Lipinski definition) is 2. The molecule has 2 aromatic rings. The van der Waals surface area contributed by atoms with Crippen LogP contribution in [-0.4, -0.2) is 32.0 Å². The average Bonchev–Trinajstić information content (AvgIpc) is 3.19. The summed E-state index contributed by atoms with van der Waals surface area (Å²) < 4.78 is 38.5. The molecule has 0 spiro atoms. The molecule has 7 nitrogen and oxygen atoms in total. The number of amides is 1. The molecule has 0 radical (unpaired) electrons. The van der Waals surface area contributed by atoms with Gasteiger partial charge < -0.3 is 15.0 Å². The first-order valence-electron chi connectivity index (χ1n) is 14.8. The van der Waals surface area contributed by atoms with Gasteiger partial charge in [0, 0.05) is 35.6 Å². The summed E-state index contributed by atoms with van der Waals surface area (Å²) >= 11 is 0. The lowest BCUT2D eigenvalue weighted by molar-refractivity contribution is -0.125. The third kappa shape index (κ3) is 6.13. The third-order valence-corrected chi connectivity index (χ3v) is 10.6. The molecule has 0 unspecified atom stereocenters. The van der Waals surface area contributed by atoms with E-state index in [1.807, 2.05) is 13.0 Å². The molecule has 2 heterocycles. The van der Waals surface area contributed by atoms with Crippen molar-refractivity contribution in [3.8, 4) is 17.0 Å². The van der Waals surface area contributed by atoms with Crippen LogP contribution in [0.2, 0.25) is 0 Å². The van der Waals surface area contributed by atoms with E-state index in [0.717, 1.165) is 54.1 Å². The summed E-state index contributed by atoms with van der Waals surface area (Å²) in [4.78, 5) is 12.1. The number of benzene rings is 1. The molecule has 222 valence electrons. The molecule has 0 bridgehead atoms. The third-order valence-electron chi connectivity index (χ3n) is 9.04. The SMILES string of the molecule is Cc1c(S(=O)(=O)NCC(C)(C)C(N)=O)cc(-c2cc(C(C)(C)C)c3c(c2)C(C)(C)CCO3)n1CC1CCCCC1. The number of nitrogens with zero attached hydrogens (tertiary/aromatic N) is 1. The normalized spacial score (nSPS) is 18.3. The monoisotopic (exact) mass is 571 g/mol. The lowest BCUT2D eigenvalue weighted by Crippen LogP contribution is -2.42. The van der Waals surface area contributed by atoms with Crippen molar-refractivity contribution in [3.63, 3.8) is 0 Å². The number of primary amides is 1. The first-order chi connectivity index (χ1) is 18.4. The molecule has 1 aromatic carbocycles. The van der Waals surface area contributed by atoms with Crippen molar-refractivity contribution >= 4 is 15.9 Å². The quantitative estimate of drug-likeness (QED) is 0.394. The van der Waals surface area contributed by atoms with Gasteiger partial charge in [0.15, 0.2) is 0 Å². The van der Waals surface area contributed by atoms with E-state index in [0.29, 0.717) is 12.5 Å². The topological polar surface area (TPSA) is 103 Å². The van der Waals surface area contributed by atoms with Crippen molar-refractivity contribution in [2.24, 2.45) is 17.1 Å². The van der Waals surface area contributed by atoms with E-state index in [2.05, 4.69) is 56.0 Å². The van der Waals surface area contributed by atoms with Crippen molar-refractivity contribution < 1.29 is 17.9 Å². The average molecular weight is 572 g/mol. The number of rotatable bonds is 8. The molecule has 1 aliphatic carbocycles. The second kappa shape index (κ2) is 10.8. The minimum Gasteiger partial charge on any atom is -0.493 e. The maximum absolute atomic E-state index is 13.7. The van der Waals surface area contributed by atoms with E-state index in [-0.39, 0.29) is 22.3 Å². The predicted molar refractivity (Wildman–Crippen MR) is 161 cm³/mol. The Morgan fingerprint density at radius 3 is 2.35 bits per heavy atom. The Morgan fingerprint density at radius 2 is 1.75 bits per heavy atom. The smallest absolute Gasteiger partial charge is 0.242 e. The molecule has 2 aliphatic rings. The van der Waals surface area contributed by atoms with Crippen LogP contribution < -0.4 is 15.2 Å². The number of carbonyl (C=O) groups is 1. The number of hydrogen-bond acceptors (Lipinski definition) is 4. The Morgan fingerprint density at radius 1 is 1.10 bits per heavy atom. The lowest BCUT2D eigenvalue weighted by Gasteiger charge is -2.37. The van der Waals surface area contributed by atoms with Gasteiger partial charge in [0.1, 0.15) is 10.6 Å². The molecule has 3 N–H and O–H groups in total. The van der Waals surface area contributed by atoms with Gasteiger partial charge in [0.2, 0.25) is 15.9 Å². The molecular weight excluding hydrogens is 522 g/mol. The standard InChI is InChI=1S/C32H49N3O4S/c1-21-27(40(37,38)34-20-32(7,8)29(33)36)18-26(35(21)19-22-12-10-9-11-13-22)23-16-24(30(2,3)4)28-25(17-23)31(5,6)14-15-39-28/h16-18,22,34H,9-15,19-20H2,1-8H3,(H2,33,36). The molecule has 1 aromatic heterocycles. The van der Waals surface area contributed by atoms with Gasteiger partial charge in [0.25, 0.3) is 0 Å². The number of fused-ring (bicyclic) bond motifs is 1. The molecule has 40 heavy (non-hydrogen) atoms. The van der Waals surface area contributed by atoms with Crippen LogP contribution in [0.3, 0.4) is 0 Å². The van der Waals surface area contributed by atoms with Crippen molar-refractivity contribution in [1.82, 2.24) is 9.29 Å². The van der Waals surface area contributed by atoms with Gasteiger partial charge in [-0.15, -0.1) is 0 Å². The minimum absolute atomic E-state index is 0.0593. The van der Waals surface area contributed by atoms with Crippen molar-refractivity contribution in [2.45, 2.75) is 116 Å². The van der Waals surface area contributed by atoms with E-state index in [1.165, 1.54) is 24.8 Å². The summed E-state index contributed by atoms with van der Waals surface area (Å²) in [6, 6.07) is 6.24. The van der Waals surface area contributed by atoms with E-state index in [9.17, 15) is 13.2 Å². The zero-order valence-corrected chi connectivity index (χ0v) is 26.6. The van der Waals surface area contributed by atoms with E-state index < -0.39 is 21.3 Å². The summed E-state index contributed by atoms with van der Waals surface area (Å²) in [5.41, 5.74) is 9.26. The molecule has 1 saturated carbocycles. The first-order valence-corrected chi connectivity index (χ1v) is 16.2. The highest BCUT2D eigenvalue weighted by atomic mass is 32.2. The Balaban J connectivity index is 1.89. The van der Waals surface area contributed by atoms with E-state index >= 15 is 0 Å². The van der Waals surface area contributed by atoms with Crippen LogP contribution in [-0.2, 0) is 32.2 Å². The Hall–Kier alpha value is -2.32. The van der Waals surface area contributed by atoms with Crippen LogP contribution in [0.4, 0.5) is 0 Å². The van der Waals surface area contributed by atoms with Crippen LogP contribution in [0.25, 0.3) is 11.3 Å². The summed E-state index contributed by atoms with van der Waals surface area (Å²) in [5.74, 6) is 0.935. The minimum atomic E-state index is -3.89. The largest absolute Gasteiger partial charge is 0.493 e. The van der Waals surface area contributed by atoms with Crippen LogP contribution in [0, 0.1) is 18.3 Å². The van der Waals surface area contributed by atoms with E-state index in [4.69, 9.17) is 10.5 Å². The molecule has 0 saturated heterocycles. The van der Waals surface area contributed by atoms with Gasteiger partial charge in [-0.25, -0.2) is 13.1 Å². The second-order valence-electron chi connectivity index (χ2n) is 14.3. The summed E-state index contributed by atoms with van der Waals surface area (Å²) in [6.07, 6.45) is 6.93. The van der Waals surface area contributed by atoms with Gasteiger partial charge in [-0.1, -0.05) is 53.9 Å². The number of carbonyl (C=O) groups excluding carboxylic acids is 1. The Bertz CT molecular complexity index is 1360. The van der Waals surface area contributed by atoms with Crippen LogP contribution in [0.5, 0.6) is 5.75 Å². The van der Waals surface area contributed by atoms with Crippen molar-refractivity contribution in [2.75, 3.05) is 13.2 Å². The number of nitrogens with one attached hydrogen (secondary N) is 1. The molecule has 8 heteroatoms. The van der Waals surface area contributed by atoms with Gasteiger partial charge >= 0.3 is 0 Å². The zero-order chi connectivity index (χ0) is 29.7. The van der Waals surface area contributed by atoms with Gasteiger partial charge in [-0.3, -0.25) is 4.79 Å². The molecular formula is C32H49N3O4S. The number of nitrogens with two attached hydrogens (primary N) is 1. The van der Waals surface area contributed by atoms with Gasteiger partial charge in [0.05, 0.1) is 12.0 Å². The number of aromatic nitrogens is 1. The highest BCUT2D eigenvalue weighted by Crippen LogP contribution is 2.47. The van der Waals surface area contributed by atoms with Crippen molar-refractivity contribution in [3.05, 3.63) is 35.0 Å². The Labute approximate surface area is 241 Å². The predicted octanol–water partition coefficient (Wildman–Crippen LogP) is 6.19. The lowest BCUT2D eigenvalue weighted by atomic mass is 9.74. The summed E-state index contributed by atoms with van der Waals surface area (Å²) in [5, 5.41) is 0. The number of sulfonamides is 1. The fourth-order valence-corrected chi connectivity index (χ4v) is 7.44. The van der Waals surface area contributed by atoms with Crippen LogP contribution in [0.1, 0.15) is 104 Å². The highest BCUT2D eigenvalue weighted by molar-refractivity contribution is 7.89. The van der Waals surface area contributed by atoms with Gasteiger partial charge in [-0.2, -0.15) is 0 Å². The molecule has 4 rings (SSSR count). The maximum Gasteiger partial charge on any atom is 0.242 e. The molecule has 1 fully saturated rings. The fraction of sp³-hybridized carbons (Fsp3) is 0.656. The molecule has 0 atom stereocenters. The van der Waals surface area contributed by atoms with E-state index in [1.54, 1.807) is 13.8 Å². The summed E-state index contributed by atoms with van der Waals surface area (Å²) in [6.45, 7) is 17.7. The Kier molecular flexibility index (Phi) is 8.29. The molecule has 1 aliphatic heterocycles. The second-order valence-corrected chi connectivity index (χ2v) is 16.0. The van der Waals surface area contributed by atoms with Crippen molar-refractivity contribution in [1.29, 1.82) is 0 Å². The first kappa shape index (κ1) is 30.6.